The van der Waals surface area contributed by atoms with Crippen molar-refractivity contribution in [2.45, 2.75) is 6.10 Å². The SMILES string of the molecule is CN1CCOC(CNc2ncc(C#N)cc2N)C1. The minimum absolute atomic E-state index is 0.139. The van der Waals surface area contributed by atoms with Crippen LogP contribution in [0, 0.1) is 11.3 Å². The van der Waals surface area contributed by atoms with Gasteiger partial charge in [0.15, 0.2) is 0 Å². The van der Waals surface area contributed by atoms with Gasteiger partial charge in [0.1, 0.15) is 11.9 Å². The number of hydrogen-bond donors (Lipinski definition) is 2. The second-order valence-electron chi connectivity index (χ2n) is 4.41. The molecule has 18 heavy (non-hydrogen) atoms. The molecule has 2 heterocycles. The molecule has 0 amide bonds. The fourth-order valence-electron chi connectivity index (χ4n) is 1.89. The lowest BCUT2D eigenvalue weighted by atomic mass is 10.2. The Bertz CT molecular complexity index is 456. The number of anilines is 2. The van der Waals surface area contributed by atoms with Gasteiger partial charge < -0.3 is 20.7 Å². The second-order valence-corrected chi connectivity index (χ2v) is 4.41. The van der Waals surface area contributed by atoms with Gasteiger partial charge in [0.2, 0.25) is 0 Å². The second kappa shape index (κ2) is 5.67. The summed E-state index contributed by atoms with van der Waals surface area (Å²) in [6, 6.07) is 3.62. The average molecular weight is 247 g/mol. The molecule has 6 heteroatoms. The van der Waals surface area contributed by atoms with Crippen LogP contribution in [-0.4, -0.2) is 49.3 Å². The zero-order valence-corrected chi connectivity index (χ0v) is 10.4. The highest BCUT2D eigenvalue weighted by atomic mass is 16.5. The van der Waals surface area contributed by atoms with Gasteiger partial charge in [-0.05, 0) is 13.1 Å². The molecule has 1 saturated heterocycles. The highest BCUT2D eigenvalue weighted by Gasteiger charge is 2.17. The van der Waals surface area contributed by atoms with Crippen LogP contribution in [0.15, 0.2) is 12.3 Å². The Balaban J connectivity index is 1.92. The minimum atomic E-state index is 0.139. The highest BCUT2D eigenvalue weighted by Crippen LogP contribution is 2.16. The Morgan fingerprint density at radius 2 is 2.56 bits per heavy atom. The van der Waals surface area contributed by atoms with E-state index in [1.165, 1.54) is 6.20 Å². The maximum Gasteiger partial charge on any atom is 0.149 e. The highest BCUT2D eigenvalue weighted by molar-refractivity contribution is 5.63. The summed E-state index contributed by atoms with van der Waals surface area (Å²) in [5.74, 6) is 0.603. The summed E-state index contributed by atoms with van der Waals surface area (Å²) in [5, 5.41) is 11.9. The summed E-state index contributed by atoms with van der Waals surface area (Å²) in [5.41, 5.74) is 6.76. The average Bonchev–Trinajstić information content (AvgIpc) is 2.37. The van der Waals surface area contributed by atoms with E-state index in [2.05, 4.69) is 22.2 Å². The zero-order valence-electron chi connectivity index (χ0n) is 10.4. The lowest BCUT2D eigenvalue weighted by molar-refractivity contribution is -0.0117. The third-order valence-corrected chi connectivity index (χ3v) is 2.89. The fraction of sp³-hybridized carbons (Fsp3) is 0.500. The van der Waals surface area contributed by atoms with Crippen molar-refractivity contribution in [1.82, 2.24) is 9.88 Å². The fourth-order valence-corrected chi connectivity index (χ4v) is 1.89. The topological polar surface area (TPSA) is 87.2 Å². The molecule has 1 fully saturated rings. The van der Waals surface area contributed by atoms with E-state index < -0.39 is 0 Å². The number of pyridine rings is 1. The molecule has 0 aliphatic carbocycles. The van der Waals surface area contributed by atoms with Crippen molar-refractivity contribution in [2.24, 2.45) is 0 Å². The van der Waals surface area contributed by atoms with Crippen LogP contribution in [0.5, 0.6) is 0 Å². The number of morpholine rings is 1. The molecular formula is C12H17N5O. The smallest absolute Gasteiger partial charge is 0.149 e. The van der Waals surface area contributed by atoms with Gasteiger partial charge in [-0.25, -0.2) is 4.98 Å². The van der Waals surface area contributed by atoms with E-state index in [0.29, 0.717) is 23.6 Å². The Morgan fingerprint density at radius 1 is 1.72 bits per heavy atom. The van der Waals surface area contributed by atoms with Crippen molar-refractivity contribution in [3.05, 3.63) is 17.8 Å². The number of nitriles is 1. The number of nitrogens with one attached hydrogen (secondary N) is 1. The number of hydrogen-bond acceptors (Lipinski definition) is 6. The summed E-state index contributed by atoms with van der Waals surface area (Å²) in [7, 11) is 2.07. The molecule has 0 bridgehead atoms. The maximum absolute atomic E-state index is 8.72. The van der Waals surface area contributed by atoms with Gasteiger partial charge in [-0.3, -0.25) is 0 Å². The predicted molar refractivity (Wildman–Crippen MR) is 69.1 cm³/mol. The molecule has 0 radical (unpaired) electrons. The first-order valence-electron chi connectivity index (χ1n) is 5.88. The molecule has 0 aromatic carbocycles. The number of likely N-dealkylation sites (N-methyl/N-ethyl adjacent to an activating group) is 1. The molecule has 3 N–H and O–H groups in total. The third-order valence-electron chi connectivity index (χ3n) is 2.89. The first-order valence-corrected chi connectivity index (χ1v) is 5.88. The van der Waals surface area contributed by atoms with Gasteiger partial charge in [-0.15, -0.1) is 0 Å². The Labute approximate surface area is 106 Å². The van der Waals surface area contributed by atoms with Gasteiger partial charge >= 0.3 is 0 Å². The van der Waals surface area contributed by atoms with Crippen LogP contribution >= 0.6 is 0 Å². The lowest BCUT2D eigenvalue weighted by Gasteiger charge is -2.30. The van der Waals surface area contributed by atoms with E-state index >= 15 is 0 Å². The van der Waals surface area contributed by atoms with Crippen LogP contribution in [0.2, 0.25) is 0 Å². The molecule has 1 unspecified atom stereocenters. The standard InChI is InChI=1S/C12H17N5O/c1-17-2-3-18-10(8-17)7-16-12-11(14)4-9(5-13)6-15-12/h4,6,10H,2-3,7-8,14H2,1H3,(H,15,16). The van der Waals surface area contributed by atoms with Crippen LogP contribution in [-0.2, 0) is 4.74 Å². The van der Waals surface area contributed by atoms with Crippen molar-refractivity contribution < 1.29 is 4.74 Å². The van der Waals surface area contributed by atoms with E-state index in [1.807, 2.05) is 6.07 Å². The zero-order chi connectivity index (χ0) is 13.0. The molecule has 0 saturated carbocycles. The molecule has 1 aliphatic heterocycles. The lowest BCUT2D eigenvalue weighted by Crippen LogP contribution is -2.43. The first kappa shape index (κ1) is 12.6. The number of rotatable bonds is 3. The number of nitrogens with zero attached hydrogens (tertiary/aromatic N) is 3. The third kappa shape index (κ3) is 3.09. The van der Waals surface area contributed by atoms with Crippen molar-refractivity contribution in [2.75, 3.05) is 44.3 Å². The molecule has 96 valence electrons. The molecule has 1 atom stereocenters. The molecule has 1 aromatic heterocycles. The number of nitrogen functional groups attached to an aromatic ring is 1. The molecule has 6 nitrogen and oxygen atoms in total. The maximum atomic E-state index is 8.72. The molecule has 0 spiro atoms. The van der Waals surface area contributed by atoms with Crippen LogP contribution in [0.1, 0.15) is 5.56 Å². The van der Waals surface area contributed by atoms with Gasteiger partial charge in [0.25, 0.3) is 0 Å². The number of nitrogens with two attached hydrogens (primary N) is 1. The summed E-state index contributed by atoms with van der Waals surface area (Å²) in [4.78, 5) is 6.35. The number of aromatic nitrogens is 1. The minimum Gasteiger partial charge on any atom is -0.396 e. The van der Waals surface area contributed by atoms with Gasteiger partial charge in [-0.2, -0.15) is 5.26 Å². The summed E-state index contributed by atoms with van der Waals surface area (Å²) in [6.45, 7) is 3.27. The van der Waals surface area contributed by atoms with Gasteiger partial charge in [0, 0.05) is 25.8 Å². The van der Waals surface area contributed by atoms with E-state index in [-0.39, 0.29) is 6.10 Å². The molecule has 1 aromatic rings. The Morgan fingerprint density at radius 3 is 3.22 bits per heavy atom. The van der Waals surface area contributed by atoms with E-state index in [4.69, 9.17) is 15.7 Å². The van der Waals surface area contributed by atoms with Crippen molar-refractivity contribution in [3.8, 4) is 6.07 Å². The first-order chi connectivity index (χ1) is 8.69. The summed E-state index contributed by atoms with van der Waals surface area (Å²) < 4.78 is 5.63. The number of ether oxygens (including phenoxy) is 1. The van der Waals surface area contributed by atoms with Crippen molar-refractivity contribution in [1.29, 1.82) is 5.26 Å². The molecule has 1 aliphatic rings. The quantitative estimate of drug-likeness (QED) is 0.797. The van der Waals surface area contributed by atoms with E-state index in [9.17, 15) is 0 Å². The van der Waals surface area contributed by atoms with Crippen LogP contribution in [0.25, 0.3) is 0 Å². The van der Waals surface area contributed by atoms with Crippen LogP contribution in [0.4, 0.5) is 11.5 Å². The normalized spacial score (nSPS) is 20.3. The van der Waals surface area contributed by atoms with Gasteiger partial charge in [0.05, 0.1) is 24.0 Å². The summed E-state index contributed by atoms with van der Waals surface area (Å²) in [6.07, 6.45) is 1.65. The Kier molecular flexibility index (Phi) is 3.97. The van der Waals surface area contributed by atoms with Crippen molar-refractivity contribution >= 4 is 11.5 Å². The Hall–Kier alpha value is -1.84. The van der Waals surface area contributed by atoms with Crippen LogP contribution in [0.3, 0.4) is 0 Å². The molecule has 2 rings (SSSR count). The monoisotopic (exact) mass is 247 g/mol. The largest absolute Gasteiger partial charge is 0.396 e. The summed E-state index contributed by atoms with van der Waals surface area (Å²) >= 11 is 0. The van der Waals surface area contributed by atoms with E-state index in [1.54, 1.807) is 6.07 Å². The van der Waals surface area contributed by atoms with E-state index in [0.717, 1.165) is 19.7 Å². The molecular weight excluding hydrogens is 230 g/mol. The van der Waals surface area contributed by atoms with Crippen molar-refractivity contribution in [3.63, 3.8) is 0 Å². The van der Waals surface area contributed by atoms with Gasteiger partial charge in [-0.1, -0.05) is 0 Å². The van der Waals surface area contributed by atoms with Crippen LogP contribution < -0.4 is 11.1 Å². The predicted octanol–water partition coefficient (Wildman–Crippen LogP) is 0.278.